The number of aliphatic carboxylic acids is 1. The average Bonchev–Trinajstić information content (AvgIpc) is 2.84. The van der Waals surface area contributed by atoms with Gasteiger partial charge in [-0.3, -0.25) is 4.79 Å². The maximum atomic E-state index is 12.8. The average molecular weight is 516 g/mol. The van der Waals surface area contributed by atoms with Crippen molar-refractivity contribution in [1.82, 2.24) is 15.1 Å². The van der Waals surface area contributed by atoms with E-state index in [1.54, 1.807) is 62.4 Å². The van der Waals surface area contributed by atoms with Crippen LogP contribution in [0.25, 0.3) is 0 Å². The third-order valence-corrected chi connectivity index (χ3v) is 6.12. The molecule has 2 N–H and O–H groups in total. The lowest BCUT2D eigenvalue weighted by molar-refractivity contribution is -0.133. The van der Waals surface area contributed by atoms with E-state index < -0.39 is 18.0 Å². The molecule has 1 heterocycles. The van der Waals surface area contributed by atoms with Gasteiger partial charge in [0.05, 0.1) is 31.8 Å². The summed E-state index contributed by atoms with van der Waals surface area (Å²) in [5.41, 5.74) is 0.973. The van der Waals surface area contributed by atoms with Gasteiger partial charge in [0.2, 0.25) is 5.91 Å². The minimum absolute atomic E-state index is 0.0796. The van der Waals surface area contributed by atoms with E-state index in [2.05, 4.69) is 5.32 Å². The molecule has 0 fully saturated rings. The Labute approximate surface area is 215 Å². The van der Waals surface area contributed by atoms with Crippen molar-refractivity contribution in [2.45, 2.75) is 25.8 Å². The lowest BCUT2D eigenvalue weighted by atomic mass is 9.93. The molecule has 2 aromatic rings. The van der Waals surface area contributed by atoms with Crippen LogP contribution in [0.1, 0.15) is 31.4 Å². The Bertz CT molecular complexity index is 1150. The fourth-order valence-electron chi connectivity index (χ4n) is 4.05. The van der Waals surface area contributed by atoms with Gasteiger partial charge < -0.3 is 29.7 Å². The van der Waals surface area contributed by atoms with E-state index in [4.69, 9.17) is 21.1 Å². The minimum Gasteiger partial charge on any atom is -0.497 e. The van der Waals surface area contributed by atoms with E-state index in [0.29, 0.717) is 35.1 Å². The molecule has 192 valence electrons. The lowest BCUT2D eigenvalue weighted by Crippen LogP contribution is -2.49. The van der Waals surface area contributed by atoms with Gasteiger partial charge in [-0.1, -0.05) is 29.8 Å². The first kappa shape index (κ1) is 26.9. The number of nitrogens with one attached hydrogen (secondary N) is 1. The summed E-state index contributed by atoms with van der Waals surface area (Å²) in [6.07, 6.45) is 0.642. The summed E-state index contributed by atoms with van der Waals surface area (Å²) in [5, 5.41) is 12.9. The fourth-order valence-corrected chi connectivity index (χ4v) is 4.25. The van der Waals surface area contributed by atoms with Crippen LogP contribution in [0.4, 0.5) is 4.79 Å². The van der Waals surface area contributed by atoms with E-state index in [-0.39, 0.29) is 36.7 Å². The minimum atomic E-state index is -1.12. The van der Waals surface area contributed by atoms with Gasteiger partial charge in [0, 0.05) is 36.9 Å². The molecule has 9 nitrogen and oxygen atoms in total. The van der Waals surface area contributed by atoms with Crippen LogP contribution in [0, 0.1) is 0 Å². The first-order valence-corrected chi connectivity index (χ1v) is 11.9. The molecule has 0 spiro atoms. The molecule has 0 radical (unpaired) electrons. The Kier molecular flexibility index (Phi) is 9.19. The van der Waals surface area contributed by atoms with Crippen LogP contribution >= 0.6 is 11.6 Å². The van der Waals surface area contributed by atoms with Crippen LogP contribution in [0.5, 0.6) is 11.5 Å². The molecule has 0 aromatic heterocycles. The Morgan fingerprint density at radius 3 is 2.58 bits per heavy atom. The summed E-state index contributed by atoms with van der Waals surface area (Å²) >= 11 is 6.15. The molecule has 1 aliphatic rings. The maximum absolute atomic E-state index is 12.8. The van der Waals surface area contributed by atoms with Crippen LogP contribution in [-0.4, -0.2) is 66.7 Å². The summed E-state index contributed by atoms with van der Waals surface area (Å²) < 4.78 is 10.8. The number of hydrogen-bond acceptors (Lipinski definition) is 5. The number of hydrogen-bond donors (Lipinski definition) is 2. The molecular weight excluding hydrogens is 486 g/mol. The van der Waals surface area contributed by atoms with Gasteiger partial charge in [-0.2, -0.15) is 0 Å². The number of halogens is 1. The summed E-state index contributed by atoms with van der Waals surface area (Å²) in [4.78, 5) is 40.5. The summed E-state index contributed by atoms with van der Waals surface area (Å²) in [5.74, 6) is 0.0653. The van der Waals surface area contributed by atoms with Crippen molar-refractivity contribution in [1.29, 1.82) is 0 Å². The molecule has 36 heavy (non-hydrogen) atoms. The highest BCUT2D eigenvalue weighted by molar-refractivity contribution is 6.30. The van der Waals surface area contributed by atoms with Gasteiger partial charge in [0.25, 0.3) is 0 Å². The predicted molar refractivity (Wildman–Crippen MR) is 135 cm³/mol. The number of carboxylic acids is 1. The van der Waals surface area contributed by atoms with Crippen molar-refractivity contribution in [2.24, 2.45) is 0 Å². The van der Waals surface area contributed by atoms with Gasteiger partial charge >= 0.3 is 12.0 Å². The normalized spacial score (nSPS) is 15.4. The molecule has 0 saturated carbocycles. The van der Waals surface area contributed by atoms with Crippen molar-refractivity contribution >= 4 is 29.5 Å². The molecule has 1 aliphatic heterocycles. The molecule has 3 rings (SSSR count). The van der Waals surface area contributed by atoms with Crippen LogP contribution in [-0.2, 0) is 9.59 Å². The van der Waals surface area contributed by atoms with Gasteiger partial charge in [-0.25, -0.2) is 9.59 Å². The van der Waals surface area contributed by atoms with Crippen molar-refractivity contribution < 1.29 is 29.0 Å². The van der Waals surface area contributed by atoms with E-state index in [0.717, 1.165) is 0 Å². The van der Waals surface area contributed by atoms with Crippen molar-refractivity contribution in [3.8, 4) is 11.5 Å². The van der Waals surface area contributed by atoms with E-state index in [9.17, 15) is 19.5 Å². The molecular formula is C26H30ClN3O6. The number of allylic oxidation sites excluding steroid dienone is 1. The topological polar surface area (TPSA) is 108 Å². The third-order valence-electron chi connectivity index (χ3n) is 5.88. The summed E-state index contributed by atoms with van der Waals surface area (Å²) in [7, 11) is 3.26. The van der Waals surface area contributed by atoms with Crippen LogP contribution in [0.2, 0.25) is 5.02 Å². The molecule has 2 aromatic carbocycles. The number of carbonyl (C=O) groups is 3. The summed E-state index contributed by atoms with van der Waals surface area (Å²) in [6, 6.07) is 12.8. The second-order valence-electron chi connectivity index (χ2n) is 8.37. The van der Waals surface area contributed by atoms with E-state index in [1.807, 2.05) is 12.1 Å². The first-order chi connectivity index (χ1) is 17.2. The molecule has 3 amide bonds. The zero-order chi connectivity index (χ0) is 26.2. The van der Waals surface area contributed by atoms with E-state index in [1.165, 1.54) is 4.90 Å². The SMILES string of the molecule is COc1cccc(OCCC(=O)N(C)CCCN2C(=O)NC(C)=C(C(=O)O)C2c2cccc(Cl)c2)c1. The zero-order valence-electron chi connectivity index (χ0n) is 20.5. The standard InChI is InChI=1S/C26H30ClN3O6/c1-17-23(25(32)33)24(18-7-4-8-19(27)15-18)30(26(34)28-17)13-6-12-29(2)22(31)11-14-36-21-10-5-9-20(16-21)35-3/h4-5,7-10,15-16,24H,6,11-14H2,1-3H3,(H,28,34)(H,32,33). The monoisotopic (exact) mass is 515 g/mol. The second-order valence-corrected chi connectivity index (χ2v) is 8.81. The highest BCUT2D eigenvalue weighted by atomic mass is 35.5. The van der Waals surface area contributed by atoms with Crippen molar-refractivity contribution in [3.63, 3.8) is 0 Å². The van der Waals surface area contributed by atoms with Gasteiger partial charge in [0.1, 0.15) is 11.5 Å². The van der Waals surface area contributed by atoms with Gasteiger partial charge in [-0.15, -0.1) is 0 Å². The quantitative estimate of drug-likeness (QED) is 0.466. The summed E-state index contributed by atoms with van der Waals surface area (Å²) in [6.45, 7) is 2.41. The van der Waals surface area contributed by atoms with Crippen LogP contribution < -0.4 is 14.8 Å². The largest absolute Gasteiger partial charge is 0.497 e. The fraction of sp³-hybridized carbons (Fsp3) is 0.346. The number of urea groups is 1. The number of nitrogens with zero attached hydrogens (tertiary/aromatic N) is 2. The molecule has 0 bridgehead atoms. The Morgan fingerprint density at radius 2 is 1.89 bits per heavy atom. The number of ether oxygens (including phenoxy) is 2. The van der Waals surface area contributed by atoms with Crippen molar-refractivity contribution in [3.05, 3.63) is 70.4 Å². The number of benzene rings is 2. The highest BCUT2D eigenvalue weighted by Crippen LogP contribution is 2.34. The van der Waals surface area contributed by atoms with Gasteiger partial charge in [0.15, 0.2) is 0 Å². The Hall–Kier alpha value is -3.72. The molecule has 1 atom stereocenters. The smallest absolute Gasteiger partial charge is 0.335 e. The number of methoxy groups -OCH3 is 1. The van der Waals surface area contributed by atoms with Crippen LogP contribution in [0.15, 0.2) is 59.8 Å². The number of carboxylic acid groups (broad SMARTS) is 1. The predicted octanol–water partition coefficient (Wildman–Crippen LogP) is 4.09. The zero-order valence-corrected chi connectivity index (χ0v) is 21.2. The Balaban J connectivity index is 1.59. The van der Waals surface area contributed by atoms with Crippen LogP contribution in [0.3, 0.4) is 0 Å². The second kappa shape index (κ2) is 12.3. The van der Waals surface area contributed by atoms with Gasteiger partial charge in [-0.05, 0) is 43.2 Å². The highest BCUT2D eigenvalue weighted by Gasteiger charge is 2.37. The molecule has 0 aliphatic carbocycles. The number of amides is 3. The van der Waals surface area contributed by atoms with E-state index >= 15 is 0 Å². The Morgan fingerprint density at radius 1 is 1.17 bits per heavy atom. The number of rotatable bonds is 11. The van der Waals surface area contributed by atoms with Crippen molar-refractivity contribution in [2.75, 3.05) is 33.9 Å². The molecule has 10 heteroatoms. The first-order valence-electron chi connectivity index (χ1n) is 11.5. The number of carbonyl (C=O) groups excluding carboxylic acids is 2. The lowest BCUT2D eigenvalue weighted by Gasteiger charge is -2.37. The molecule has 0 saturated heterocycles. The molecule has 1 unspecified atom stereocenters. The third kappa shape index (κ3) is 6.69. The maximum Gasteiger partial charge on any atom is 0.335 e.